The molecule has 112 valence electrons. The molecule has 2 heterocycles. The van der Waals surface area contributed by atoms with Crippen LogP contribution in [0.2, 0.25) is 0 Å². The predicted octanol–water partition coefficient (Wildman–Crippen LogP) is 1.96. The van der Waals surface area contributed by atoms with Gasteiger partial charge in [0.15, 0.2) is 0 Å². The van der Waals surface area contributed by atoms with Gasteiger partial charge in [-0.05, 0) is 50.0 Å². The minimum absolute atomic E-state index is 0.110. The van der Waals surface area contributed by atoms with E-state index in [-0.39, 0.29) is 5.91 Å². The number of methoxy groups -OCH3 is 1. The van der Waals surface area contributed by atoms with Crippen molar-refractivity contribution in [2.75, 3.05) is 12.4 Å². The fraction of sp³-hybridized carbons (Fsp3) is 0.625. The number of hydrogen-bond acceptors (Lipinski definition) is 4. The monoisotopic (exact) mass is 287 g/mol. The van der Waals surface area contributed by atoms with Crippen LogP contribution in [0, 0.1) is 5.41 Å². The lowest BCUT2D eigenvalue weighted by Crippen LogP contribution is -2.55. The van der Waals surface area contributed by atoms with Crippen LogP contribution >= 0.6 is 0 Å². The highest BCUT2D eigenvalue weighted by atomic mass is 16.5. The van der Waals surface area contributed by atoms with Crippen LogP contribution in [0.25, 0.3) is 0 Å². The van der Waals surface area contributed by atoms with Crippen LogP contribution in [0.5, 0.6) is 5.88 Å². The smallest absolute Gasteiger partial charge is 0.236 e. The number of ether oxygens (including phenoxy) is 1. The number of carbonyl (C=O) groups is 1. The van der Waals surface area contributed by atoms with Gasteiger partial charge in [-0.2, -0.15) is 0 Å². The van der Waals surface area contributed by atoms with Gasteiger partial charge in [-0.15, -0.1) is 0 Å². The average molecular weight is 287 g/mol. The van der Waals surface area contributed by atoms with E-state index in [0.29, 0.717) is 17.3 Å². The highest BCUT2D eigenvalue weighted by Gasteiger charge is 2.63. The van der Waals surface area contributed by atoms with Crippen molar-refractivity contribution in [2.24, 2.45) is 11.1 Å². The number of nitrogens with one attached hydrogen (secondary N) is 1. The maximum atomic E-state index is 12.5. The molecule has 1 aromatic rings. The largest absolute Gasteiger partial charge is 0.481 e. The molecular formula is C16H21N3O2. The first-order valence-corrected chi connectivity index (χ1v) is 7.70. The normalized spacial score (nSPS) is 37.2. The number of carbonyl (C=O) groups excluding carboxylic acids is 1. The predicted molar refractivity (Wildman–Crippen MR) is 79.2 cm³/mol. The van der Waals surface area contributed by atoms with Crippen LogP contribution in [0.4, 0.5) is 5.69 Å². The maximum absolute atomic E-state index is 12.5. The van der Waals surface area contributed by atoms with Crippen LogP contribution in [0.15, 0.2) is 12.1 Å². The van der Waals surface area contributed by atoms with Crippen molar-refractivity contribution in [3.63, 3.8) is 0 Å². The summed E-state index contributed by atoms with van der Waals surface area (Å²) in [5, 5.41) is 2.99. The minimum atomic E-state index is -0.425. The molecule has 1 aliphatic heterocycles. The molecule has 3 aliphatic rings. The third kappa shape index (κ3) is 1.73. The quantitative estimate of drug-likeness (QED) is 0.827. The molecule has 2 saturated carbocycles. The number of fused-ring (bicyclic) bond motifs is 2. The number of aromatic nitrogens is 1. The van der Waals surface area contributed by atoms with Gasteiger partial charge in [0.2, 0.25) is 11.8 Å². The Labute approximate surface area is 124 Å². The zero-order valence-corrected chi connectivity index (χ0v) is 12.3. The first-order chi connectivity index (χ1) is 10.1. The van der Waals surface area contributed by atoms with Crippen LogP contribution < -0.4 is 15.8 Å². The van der Waals surface area contributed by atoms with Gasteiger partial charge in [-0.25, -0.2) is 4.98 Å². The van der Waals surface area contributed by atoms with Gasteiger partial charge in [0.05, 0.1) is 23.9 Å². The zero-order valence-electron chi connectivity index (χ0n) is 12.3. The first-order valence-electron chi connectivity index (χ1n) is 7.70. The van der Waals surface area contributed by atoms with Crippen molar-refractivity contribution in [1.82, 2.24) is 4.98 Å². The number of nitrogens with two attached hydrogens (primary N) is 1. The lowest BCUT2D eigenvalue weighted by atomic mass is 9.47. The summed E-state index contributed by atoms with van der Waals surface area (Å²) in [6.45, 7) is 0. The molecule has 2 aliphatic carbocycles. The van der Waals surface area contributed by atoms with E-state index in [1.54, 1.807) is 13.2 Å². The van der Waals surface area contributed by atoms with Crippen LogP contribution in [-0.2, 0) is 10.2 Å². The molecule has 0 saturated heterocycles. The number of rotatable bonds is 1. The zero-order chi connectivity index (χ0) is 14.7. The van der Waals surface area contributed by atoms with Gasteiger partial charge in [0.25, 0.3) is 0 Å². The van der Waals surface area contributed by atoms with Gasteiger partial charge < -0.3 is 15.8 Å². The Hall–Kier alpha value is -1.62. The summed E-state index contributed by atoms with van der Waals surface area (Å²) in [4.78, 5) is 17.1. The van der Waals surface area contributed by atoms with Crippen molar-refractivity contribution in [3.8, 4) is 5.88 Å². The summed E-state index contributed by atoms with van der Waals surface area (Å²) in [6.07, 6.45) is 6.26. The van der Waals surface area contributed by atoms with Crippen LogP contribution in [0.3, 0.4) is 0 Å². The molecule has 21 heavy (non-hydrogen) atoms. The minimum Gasteiger partial charge on any atom is -0.481 e. The summed E-state index contributed by atoms with van der Waals surface area (Å²) in [6, 6.07) is 4.04. The number of amides is 1. The molecule has 2 fully saturated rings. The van der Waals surface area contributed by atoms with Crippen molar-refractivity contribution >= 4 is 11.6 Å². The summed E-state index contributed by atoms with van der Waals surface area (Å²) in [5.41, 5.74) is 7.62. The van der Waals surface area contributed by atoms with Crippen molar-refractivity contribution in [1.29, 1.82) is 0 Å². The molecule has 4 rings (SSSR count). The summed E-state index contributed by atoms with van der Waals surface area (Å²) in [5.74, 6) is 0.690. The summed E-state index contributed by atoms with van der Waals surface area (Å²) < 4.78 is 5.22. The van der Waals surface area contributed by atoms with Gasteiger partial charge in [-0.1, -0.05) is 0 Å². The second-order valence-corrected chi connectivity index (χ2v) is 6.98. The standard InChI is InChI=1S/C16H21N3O2/c1-21-12-3-2-11-13(19-12)16(14(20)18-11)8-15(9-16)6-4-10(17)5-7-15/h2-3,10H,4-9,17H2,1H3,(H,18,20). The Balaban J connectivity index is 1.64. The molecule has 2 spiro atoms. The van der Waals surface area contributed by atoms with E-state index in [1.807, 2.05) is 6.07 Å². The Morgan fingerprint density at radius 3 is 2.71 bits per heavy atom. The van der Waals surface area contributed by atoms with Gasteiger partial charge >= 0.3 is 0 Å². The molecule has 0 unspecified atom stereocenters. The molecule has 5 nitrogen and oxygen atoms in total. The fourth-order valence-electron chi connectivity index (χ4n) is 4.53. The van der Waals surface area contributed by atoms with Crippen molar-refractivity contribution in [2.45, 2.75) is 50.0 Å². The topological polar surface area (TPSA) is 77.2 Å². The van der Waals surface area contributed by atoms with Crippen LogP contribution in [0.1, 0.15) is 44.2 Å². The molecule has 0 aromatic carbocycles. The van der Waals surface area contributed by atoms with Crippen molar-refractivity contribution in [3.05, 3.63) is 17.8 Å². The average Bonchev–Trinajstić information content (AvgIpc) is 2.73. The Kier molecular flexibility index (Phi) is 2.61. The molecule has 5 heteroatoms. The van der Waals surface area contributed by atoms with Gasteiger partial charge in [-0.3, -0.25) is 4.79 Å². The van der Waals surface area contributed by atoms with E-state index in [4.69, 9.17) is 10.5 Å². The highest BCUT2D eigenvalue weighted by molar-refractivity contribution is 6.06. The fourth-order valence-corrected chi connectivity index (χ4v) is 4.53. The Morgan fingerprint density at radius 1 is 1.33 bits per heavy atom. The van der Waals surface area contributed by atoms with Crippen molar-refractivity contribution < 1.29 is 9.53 Å². The molecule has 0 radical (unpaired) electrons. The van der Waals surface area contributed by atoms with E-state index in [1.165, 1.54) is 0 Å². The second kappa shape index (κ2) is 4.19. The lowest BCUT2D eigenvalue weighted by Gasteiger charge is -2.55. The molecule has 0 atom stereocenters. The third-order valence-corrected chi connectivity index (χ3v) is 5.66. The van der Waals surface area contributed by atoms with E-state index >= 15 is 0 Å². The number of anilines is 1. The van der Waals surface area contributed by atoms with E-state index in [9.17, 15) is 4.79 Å². The summed E-state index contributed by atoms with van der Waals surface area (Å²) >= 11 is 0. The molecular weight excluding hydrogens is 266 g/mol. The lowest BCUT2D eigenvalue weighted by molar-refractivity contribution is -0.132. The number of nitrogens with zero attached hydrogens (tertiary/aromatic N) is 1. The highest BCUT2D eigenvalue weighted by Crippen LogP contribution is 2.64. The van der Waals surface area contributed by atoms with E-state index < -0.39 is 5.41 Å². The molecule has 3 N–H and O–H groups in total. The first kappa shape index (κ1) is 13.1. The summed E-state index contributed by atoms with van der Waals surface area (Å²) in [7, 11) is 1.61. The van der Waals surface area contributed by atoms with E-state index in [2.05, 4.69) is 10.3 Å². The Bertz CT molecular complexity index is 598. The van der Waals surface area contributed by atoms with Gasteiger partial charge in [0.1, 0.15) is 0 Å². The number of hydrogen-bond donors (Lipinski definition) is 2. The SMILES string of the molecule is COc1ccc2c(n1)C1(CC3(CCC(N)CC3)C1)C(=O)N2. The van der Waals surface area contributed by atoms with Crippen LogP contribution in [-0.4, -0.2) is 24.0 Å². The molecule has 1 aromatic heterocycles. The molecule has 1 amide bonds. The van der Waals surface area contributed by atoms with Gasteiger partial charge in [0, 0.05) is 12.1 Å². The van der Waals surface area contributed by atoms with E-state index in [0.717, 1.165) is 49.9 Å². The third-order valence-electron chi connectivity index (χ3n) is 5.66. The second-order valence-electron chi connectivity index (χ2n) is 6.98. The maximum Gasteiger partial charge on any atom is 0.236 e. The Morgan fingerprint density at radius 2 is 2.05 bits per heavy atom. The number of pyridine rings is 1. The molecule has 0 bridgehead atoms.